The Balaban J connectivity index is 0.953. The van der Waals surface area contributed by atoms with Crippen molar-refractivity contribution >= 4 is 75.3 Å². The van der Waals surface area contributed by atoms with Gasteiger partial charge in [0.2, 0.25) is 0 Å². The highest BCUT2D eigenvalue weighted by molar-refractivity contribution is 7.26. The molecule has 0 spiro atoms. The van der Waals surface area contributed by atoms with Crippen LogP contribution in [0.15, 0.2) is 211 Å². The third kappa shape index (κ3) is 5.80. The van der Waals surface area contributed by atoms with Gasteiger partial charge in [-0.3, -0.25) is 0 Å². The number of fused-ring (bicyclic) bond motifs is 9. The molecule has 0 aliphatic carbocycles. The van der Waals surface area contributed by atoms with E-state index in [0.717, 1.165) is 55.3 Å². The summed E-state index contributed by atoms with van der Waals surface area (Å²) in [7, 11) is 0. The number of aromatic nitrogens is 4. The van der Waals surface area contributed by atoms with Crippen molar-refractivity contribution in [2.24, 2.45) is 0 Å². The first-order valence-corrected chi connectivity index (χ1v) is 21.9. The zero-order chi connectivity index (χ0) is 41.4. The molecule has 13 aromatic rings. The summed E-state index contributed by atoms with van der Waals surface area (Å²) in [6, 6.07) is 72.6. The van der Waals surface area contributed by atoms with Gasteiger partial charge >= 0.3 is 0 Å². The maximum atomic E-state index is 6.72. The van der Waals surface area contributed by atoms with Gasteiger partial charge in [-0.15, -0.1) is 11.3 Å². The fraction of sp³-hybridized carbons (Fsp3) is 0. The van der Waals surface area contributed by atoms with E-state index < -0.39 is 0 Å². The van der Waals surface area contributed by atoms with E-state index in [2.05, 4.69) is 180 Å². The molecule has 0 radical (unpaired) electrons. The number of hydrogen-bond acceptors (Lipinski definition) is 5. The summed E-state index contributed by atoms with van der Waals surface area (Å²) in [5, 5.41) is 7.00. The van der Waals surface area contributed by atoms with Gasteiger partial charge in [-0.25, -0.2) is 15.0 Å². The van der Waals surface area contributed by atoms with Crippen LogP contribution in [0.2, 0.25) is 0 Å². The van der Waals surface area contributed by atoms with Gasteiger partial charge in [-0.1, -0.05) is 152 Å². The molecule has 0 saturated heterocycles. The van der Waals surface area contributed by atoms with Crippen molar-refractivity contribution in [1.82, 2.24) is 19.5 Å². The first-order chi connectivity index (χ1) is 31.2. The molecular formula is C57H34N4OS. The Morgan fingerprint density at radius 3 is 1.75 bits per heavy atom. The molecule has 13 rings (SSSR count). The van der Waals surface area contributed by atoms with E-state index in [-0.39, 0.29) is 0 Å². The van der Waals surface area contributed by atoms with Crippen molar-refractivity contribution in [3.8, 4) is 62.1 Å². The lowest BCUT2D eigenvalue weighted by molar-refractivity contribution is 0.669. The summed E-state index contributed by atoms with van der Waals surface area (Å²) >= 11 is 1.80. The zero-order valence-corrected chi connectivity index (χ0v) is 34.6. The van der Waals surface area contributed by atoms with E-state index in [1.807, 2.05) is 30.3 Å². The lowest BCUT2D eigenvalue weighted by atomic mass is 9.99. The summed E-state index contributed by atoms with van der Waals surface area (Å²) in [5.74, 6) is 1.82. The Bertz CT molecular complexity index is 3910. The van der Waals surface area contributed by atoms with Gasteiger partial charge in [0.25, 0.3) is 0 Å². The molecule has 294 valence electrons. The normalized spacial score (nSPS) is 11.8. The van der Waals surface area contributed by atoms with E-state index >= 15 is 0 Å². The van der Waals surface area contributed by atoms with Crippen LogP contribution in [0.3, 0.4) is 0 Å². The maximum Gasteiger partial charge on any atom is 0.164 e. The molecule has 4 aromatic heterocycles. The van der Waals surface area contributed by atoms with Crippen LogP contribution in [0.4, 0.5) is 0 Å². The second-order valence-electron chi connectivity index (χ2n) is 15.9. The number of thiophene rings is 1. The summed E-state index contributed by atoms with van der Waals surface area (Å²) in [6.45, 7) is 0. The third-order valence-electron chi connectivity index (χ3n) is 12.3. The number of benzene rings is 9. The van der Waals surface area contributed by atoms with Gasteiger partial charge in [0, 0.05) is 53.0 Å². The highest BCUT2D eigenvalue weighted by Crippen LogP contribution is 2.43. The minimum Gasteiger partial charge on any atom is -0.456 e. The lowest BCUT2D eigenvalue weighted by Crippen LogP contribution is -2.00. The number of rotatable bonds is 6. The molecule has 0 saturated carbocycles. The van der Waals surface area contributed by atoms with E-state index in [4.69, 9.17) is 19.4 Å². The number of para-hydroxylation sites is 1. The Morgan fingerprint density at radius 1 is 0.349 bits per heavy atom. The monoisotopic (exact) mass is 822 g/mol. The van der Waals surface area contributed by atoms with Gasteiger partial charge in [0.1, 0.15) is 11.2 Å². The molecule has 0 unspecified atom stereocenters. The molecule has 6 heteroatoms. The summed E-state index contributed by atoms with van der Waals surface area (Å²) in [5.41, 5.74) is 12.5. The molecule has 63 heavy (non-hydrogen) atoms. The van der Waals surface area contributed by atoms with Crippen molar-refractivity contribution in [3.05, 3.63) is 206 Å². The van der Waals surface area contributed by atoms with Crippen LogP contribution in [-0.2, 0) is 0 Å². The fourth-order valence-corrected chi connectivity index (χ4v) is 10.5. The van der Waals surface area contributed by atoms with Gasteiger partial charge in [0.05, 0.1) is 22.1 Å². The average molecular weight is 823 g/mol. The average Bonchev–Trinajstić information content (AvgIpc) is 4.03. The number of hydrogen-bond donors (Lipinski definition) is 0. The number of furan rings is 1. The van der Waals surface area contributed by atoms with Gasteiger partial charge in [0.15, 0.2) is 17.5 Å². The van der Waals surface area contributed by atoms with Crippen LogP contribution in [0.1, 0.15) is 0 Å². The predicted octanol–water partition coefficient (Wildman–Crippen LogP) is 15.6. The lowest BCUT2D eigenvalue weighted by Gasteiger charge is -2.10. The van der Waals surface area contributed by atoms with Crippen LogP contribution in [0.5, 0.6) is 0 Å². The molecule has 0 aliphatic heterocycles. The smallest absolute Gasteiger partial charge is 0.164 e. The molecule has 0 amide bonds. The standard InChI is InChI=1S/C57H34N4OS/c1-4-14-35(15-5-1)38-28-31-47-45(32-38)42-20-10-11-22-46(42)61(47)48-23-13-24-49-54(48)43-29-26-39(33-50(43)62-49)56-58-55(37-18-8-3-9-19-37)59-57(60-56)40-27-30-44-52(34-40)63-51-25-12-21-41(53(44)51)36-16-6-2-7-17-36/h1-34H. The second-order valence-corrected chi connectivity index (χ2v) is 17.0. The van der Waals surface area contributed by atoms with Crippen molar-refractivity contribution < 1.29 is 4.42 Å². The van der Waals surface area contributed by atoms with Crippen molar-refractivity contribution in [2.75, 3.05) is 0 Å². The predicted molar refractivity (Wildman–Crippen MR) is 262 cm³/mol. The van der Waals surface area contributed by atoms with Crippen LogP contribution in [0.25, 0.3) is 126 Å². The molecule has 0 atom stereocenters. The fourth-order valence-electron chi connectivity index (χ4n) is 9.35. The summed E-state index contributed by atoms with van der Waals surface area (Å²) < 4.78 is 11.5. The second kappa shape index (κ2) is 14.2. The summed E-state index contributed by atoms with van der Waals surface area (Å²) in [4.78, 5) is 15.4. The van der Waals surface area contributed by atoms with Crippen molar-refractivity contribution in [2.45, 2.75) is 0 Å². The molecule has 9 aromatic carbocycles. The number of nitrogens with zero attached hydrogens (tertiary/aromatic N) is 4. The molecule has 5 nitrogen and oxygen atoms in total. The van der Waals surface area contributed by atoms with Crippen LogP contribution in [0, 0.1) is 0 Å². The highest BCUT2D eigenvalue weighted by atomic mass is 32.1. The van der Waals surface area contributed by atoms with E-state index in [1.54, 1.807) is 11.3 Å². The SMILES string of the molecule is c1ccc(-c2ccc3c(c2)c2ccccc2n3-c2cccc3oc4cc(-c5nc(-c6ccccc6)nc(-c6ccc7c(c6)sc6cccc(-c8ccccc8)c67)n5)ccc4c23)cc1. The Kier molecular flexibility index (Phi) is 8.01. The van der Waals surface area contributed by atoms with E-state index in [9.17, 15) is 0 Å². The maximum absolute atomic E-state index is 6.72. The third-order valence-corrected chi connectivity index (χ3v) is 13.4. The summed E-state index contributed by atoms with van der Waals surface area (Å²) in [6.07, 6.45) is 0. The van der Waals surface area contributed by atoms with Gasteiger partial charge < -0.3 is 8.98 Å². The van der Waals surface area contributed by atoms with Gasteiger partial charge in [-0.2, -0.15) is 0 Å². The minimum atomic E-state index is 0.584. The van der Waals surface area contributed by atoms with E-state index in [1.165, 1.54) is 53.2 Å². The minimum absolute atomic E-state index is 0.584. The topological polar surface area (TPSA) is 56.7 Å². The Labute approximate surface area is 365 Å². The molecule has 4 heterocycles. The molecular weight excluding hydrogens is 789 g/mol. The van der Waals surface area contributed by atoms with Crippen molar-refractivity contribution in [1.29, 1.82) is 0 Å². The van der Waals surface area contributed by atoms with Crippen LogP contribution in [-0.4, -0.2) is 19.5 Å². The first kappa shape index (κ1) is 35.6. The highest BCUT2D eigenvalue weighted by Gasteiger charge is 2.20. The Morgan fingerprint density at radius 2 is 0.968 bits per heavy atom. The van der Waals surface area contributed by atoms with Gasteiger partial charge in [-0.05, 0) is 76.9 Å². The van der Waals surface area contributed by atoms with E-state index in [0.29, 0.717) is 17.5 Å². The van der Waals surface area contributed by atoms with Crippen molar-refractivity contribution in [3.63, 3.8) is 0 Å². The molecule has 0 fully saturated rings. The van der Waals surface area contributed by atoms with Crippen LogP contribution >= 0.6 is 11.3 Å². The molecule has 0 bridgehead atoms. The largest absolute Gasteiger partial charge is 0.456 e. The molecule has 0 N–H and O–H groups in total. The first-order valence-electron chi connectivity index (χ1n) is 21.1. The quantitative estimate of drug-likeness (QED) is 0.168. The Hall–Kier alpha value is -8.19. The zero-order valence-electron chi connectivity index (χ0n) is 33.7. The molecule has 0 aliphatic rings. The van der Waals surface area contributed by atoms with Crippen LogP contribution < -0.4 is 0 Å².